The Bertz CT molecular complexity index is 1540. The number of halogens is 1. The van der Waals surface area contributed by atoms with E-state index in [1.807, 2.05) is 0 Å². The van der Waals surface area contributed by atoms with E-state index in [1.165, 1.54) is 29.2 Å². The molecule has 1 amide bonds. The molecule has 2 aromatic carbocycles. The molecule has 2 aromatic heterocycles. The summed E-state index contributed by atoms with van der Waals surface area (Å²) in [5.74, 6) is -2.04. The molecule has 1 aliphatic rings. The number of hydrogen-bond acceptors (Lipinski definition) is 7. The Hall–Kier alpha value is -4.11. The Kier molecular flexibility index (Phi) is 5.33. The fraction of sp³-hybridized carbons (Fsp3) is 0.120. The smallest absolute Gasteiger partial charge is 0.350 e. The van der Waals surface area contributed by atoms with Gasteiger partial charge >= 0.3 is 5.97 Å². The molecular formula is C25H17FN2O5S. The zero-order chi connectivity index (χ0) is 24.0. The number of nitrogens with zero attached hydrogens (tertiary/aromatic N) is 2. The first-order chi connectivity index (χ1) is 16.4. The van der Waals surface area contributed by atoms with Crippen molar-refractivity contribution in [3.63, 3.8) is 0 Å². The van der Waals surface area contributed by atoms with Gasteiger partial charge in [0.05, 0.1) is 16.6 Å². The van der Waals surface area contributed by atoms with Crippen LogP contribution in [0.25, 0.3) is 11.0 Å². The second kappa shape index (κ2) is 8.35. The van der Waals surface area contributed by atoms with Gasteiger partial charge in [0.15, 0.2) is 10.6 Å². The van der Waals surface area contributed by atoms with Crippen molar-refractivity contribution in [2.75, 3.05) is 11.5 Å². The quantitative estimate of drug-likeness (QED) is 0.304. The first kappa shape index (κ1) is 21.7. The molecule has 170 valence electrons. The molecule has 3 heterocycles. The molecule has 0 bridgehead atoms. The standard InChI is InChI=1S/C25H17FN2O5S/c1-3-12-32-24(31)22-13(2)27-25(34-22)28-19(14-8-4-6-10-16(14)26)18-20(29)15-9-5-7-11-17(15)33-21(18)23(28)30/h3-11,19H,1,12H2,2H3/t19-/m0/s1. The van der Waals surface area contributed by atoms with Gasteiger partial charge in [-0.3, -0.25) is 14.5 Å². The number of rotatable bonds is 5. The molecular weight excluding hydrogens is 459 g/mol. The van der Waals surface area contributed by atoms with Crippen LogP contribution in [0.2, 0.25) is 0 Å². The Labute approximate surface area is 196 Å². The fourth-order valence-corrected chi connectivity index (χ4v) is 4.97. The fourth-order valence-electron chi connectivity index (χ4n) is 3.98. The molecule has 0 saturated carbocycles. The lowest BCUT2D eigenvalue weighted by Gasteiger charge is -2.22. The normalized spacial score (nSPS) is 14.9. The maximum atomic E-state index is 15.0. The minimum absolute atomic E-state index is 0.0163. The van der Waals surface area contributed by atoms with E-state index in [9.17, 15) is 18.8 Å². The van der Waals surface area contributed by atoms with Gasteiger partial charge in [-0.1, -0.05) is 54.3 Å². The minimum atomic E-state index is -1.12. The first-order valence-electron chi connectivity index (χ1n) is 10.3. The zero-order valence-corrected chi connectivity index (χ0v) is 18.7. The summed E-state index contributed by atoms with van der Waals surface area (Å²) < 4.78 is 25.9. The summed E-state index contributed by atoms with van der Waals surface area (Å²) in [5, 5.41) is 0.400. The SMILES string of the molecule is C=CCOC(=O)c1sc(N2C(=O)c3oc4ccccc4c(=O)c3[C@@H]2c2ccccc2F)nc1C. The van der Waals surface area contributed by atoms with Crippen LogP contribution in [0.15, 0.2) is 70.4 Å². The Balaban J connectivity index is 1.73. The lowest BCUT2D eigenvalue weighted by molar-refractivity contribution is 0.0554. The monoisotopic (exact) mass is 476 g/mol. The highest BCUT2D eigenvalue weighted by atomic mass is 32.1. The van der Waals surface area contributed by atoms with Crippen molar-refractivity contribution in [1.29, 1.82) is 0 Å². The molecule has 1 atom stereocenters. The van der Waals surface area contributed by atoms with Crippen LogP contribution in [-0.2, 0) is 4.74 Å². The second-order valence-electron chi connectivity index (χ2n) is 7.57. The van der Waals surface area contributed by atoms with Gasteiger partial charge in [-0.2, -0.15) is 0 Å². The number of thiazole rings is 1. The van der Waals surface area contributed by atoms with Crippen molar-refractivity contribution in [1.82, 2.24) is 4.98 Å². The zero-order valence-electron chi connectivity index (χ0n) is 17.9. The van der Waals surface area contributed by atoms with Crippen LogP contribution in [-0.4, -0.2) is 23.5 Å². The third-order valence-corrected chi connectivity index (χ3v) is 6.62. The minimum Gasteiger partial charge on any atom is -0.457 e. The average molecular weight is 476 g/mol. The van der Waals surface area contributed by atoms with Crippen molar-refractivity contribution in [2.24, 2.45) is 0 Å². The molecule has 5 rings (SSSR count). The number of aryl methyl sites for hydroxylation is 1. The van der Waals surface area contributed by atoms with Crippen LogP contribution in [0.5, 0.6) is 0 Å². The predicted octanol–water partition coefficient (Wildman–Crippen LogP) is 4.79. The molecule has 34 heavy (non-hydrogen) atoms. The van der Waals surface area contributed by atoms with Gasteiger partial charge in [0.2, 0.25) is 5.76 Å². The van der Waals surface area contributed by atoms with E-state index in [2.05, 4.69) is 11.6 Å². The number of para-hydroxylation sites is 1. The van der Waals surface area contributed by atoms with Gasteiger partial charge in [-0.15, -0.1) is 0 Å². The van der Waals surface area contributed by atoms with Crippen LogP contribution in [0, 0.1) is 12.7 Å². The Morgan fingerprint density at radius 3 is 2.74 bits per heavy atom. The number of carbonyl (C=O) groups is 2. The van der Waals surface area contributed by atoms with Crippen LogP contribution >= 0.6 is 11.3 Å². The van der Waals surface area contributed by atoms with Crippen molar-refractivity contribution in [2.45, 2.75) is 13.0 Å². The Morgan fingerprint density at radius 2 is 1.97 bits per heavy atom. The first-order valence-corrected chi connectivity index (χ1v) is 11.1. The summed E-state index contributed by atoms with van der Waals surface area (Å²) in [5.41, 5.74) is 0.297. The van der Waals surface area contributed by atoms with E-state index >= 15 is 0 Å². The summed E-state index contributed by atoms with van der Waals surface area (Å²) in [6.07, 6.45) is 1.44. The predicted molar refractivity (Wildman–Crippen MR) is 125 cm³/mol. The number of carbonyl (C=O) groups excluding carboxylic acids is 2. The highest BCUT2D eigenvalue weighted by Gasteiger charge is 2.46. The van der Waals surface area contributed by atoms with Crippen molar-refractivity contribution >= 4 is 39.3 Å². The van der Waals surface area contributed by atoms with E-state index in [-0.39, 0.29) is 44.5 Å². The molecule has 9 heteroatoms. The third-order valence-electron chi connectivity index (χ3n) is 5.49. The van der Waals surface area contributed by atoms with E-state index in [4.69, 9.17) is 9.15 Å². The van der Waals surface area contributed by atoms with E-state index in [1.54, 1.807) is 37.3 Å². The summed E-state index contributed by atoms with van der Waals surface area (Å²) >= 11 is 0.923. The average Bonchev–Trinajstić information content (AvgIpc) is 3.35. The summed E-state index contributed by atoms with van der Waals surface area (Å²) in [7, 11) is 0. The molecule has 0 unspecified atom stereocenters. The summed E-state index contributed by atoms with van der Waals surface area (Å²) in [6, 6.07) is 11.3. The number of esters is 1. The van der Waals surface area contributed by atoms with Crippen molar-refractivity contribution < 1.29 is 23.1 Å². The lowest BCUT2D eigenvalue weighted by atomic mass is 9.98. The van der Waals surface area contributed by atoms with E-state index in [0.717, 1.165) is 11.3 Å². The number of hydrogen-bond donors (Lipinski definition) is 0. The largest absolute Gasteiger partial charge is 0.457 e. The maximum absolute atomic E-state index is 15.0. The number of aromatic nitrogens is 1. The molecule has 0 N–H and O–H groups in total. The molecule has 0 radical (unpaired) electrons. The number of benzene rings is 2. The van der Waals surface area contributed by atoms with Gasteiger partial charge in [-0.25, -0.2) is 14.2 Å². The van der Waals surface area contributed by atoms with Crippen LogP contribution in [0.1, 0.15) is 43.1 Å². The number of ether oxygens (including phenoxy) is 1. The molecule has 1 aliphatic heterocycles. The van der Waals surface area contributed by atoms with E-state index < -0.39 is 29.2 Å². The highest BCUT2D eigenvalue weighted by Crippen LogP contribution is 2.43. The van der Waals surface area contributed by atoms with E-state index in [0.29, 0.717) is 5.69 Å². The maximum Gasteiger partial charge on any atom is 0.350 e. The van der Waals surface area contributed by atoms with Crippen molar-refractivity contribution in [3.8, 4) is 0 Å². The van der Waals surface area contributed by atoms with Crippen LogP contribution < -0.4 is 10.3 Å². The Morgan fingerprint density at radius 1 is 1.24 bits per heavy atom. The van der Waals surface area contributed by atoms with Gasteiger partial charge in [-0.05, 0) is 25.1 Å². The lowest BCUT2D eigenvalue weighted by Crippen LogP contribution is -2.30. The molecule has 0 spiro atoms. The van der Waals surface area contributed by atoms with Gasteiger partial charge in [0.1, 0.15) is 28.9 Å². The van der Waals surface area contributed by atoms with Gasteiger partial charge in [0, 0.05) is 5.56 Å². The number of anilines is 1. The summed E-state index contributed by atoms with van der Waals surface area (Å²) in [6.45, 7) is 5.14. The number of amides is 1. The molecule has 0 saturated heterocycles. The third kappa shape index (κ3) is 3.32. The highest BCUT2D eigenvalue weighted by molar-refractivity contribution is 7.17. The molecule has 4 aromatic rings. The van der Waals surface area contributed by atoms with Gasteiger partial charge in [0.25, 0.3) is 5.91 Å². The molecule has 0 fully saturated rings. The second-order valence-corrected chi connectivity index (χ2v) is 8.54. The summed E-state index contributed by atoms with van der Waals surface area (Å²) in [4.78, 5) is 45.3. The van der Waals surface area contributed by atoms with Crippen LogP contribution in [0.3, 0.4) is 0 Å². The van der Waals surface area contributed by atoms with Gasteiger partial charge < -0.3 is 9.15 Å². The van der Waals surface area contributed by atoms with Crippen LogP contribution in [0.4, 0.5) is 9.52 Å². The topological polar surface area (TPSA) is 89.7 Å². The van der Waals surface area contributed by atoms with Crippen molar-refractivity contribution in [3.05, 3.63) is 105 Å². The number of fused-ring (bicyclic) bond motifs is 2. The molecule has 7 nitrogen and oxygen atoms in total. The molecule has 0 aliphatic carbocycles.